The smallest absolute Gasteiger partial charge is 0.0905 e. The van der Waals surface area contributed by atoms with E-state index in [1.807, 2.05) is 11.8 Å². The number of hydrogen-bond acceptors (Lipinski definition) is 3. The SMILES string of the molecule is CCC(CSC)N(C)CCCCC(=N)N. The van der Waals surface area contributed by atoms with Crippen molar-refractivity contribution in [2.45, 2.75) is 38.6 Å². The van der Waals surface area contributed by atoms with Crippen LogP contribution < -0.4 is 5.73 Å². The highest BCUT2D eigenvalue weighted by Crippen LogP contribution is 2.09. The molecule has 0 bridgehead atoms. The van der Waals surface area contributed by atoms with E-state index in [2.05, 4.69) is 25.1 Å². The van der Waals surface area contributed by atoms with Crippen molar-refractivity contribution in [3.05, 3.63) is 0 Å². The van der Waals surface area contributed by atoms with Crippen LogP contribution in [0.2, 0.25) is 0 Å². The molecule has 0 amide bonds. The molecule has 4 heteroatoms. The lowest BCUT2D eigenvalue weighted by Crippen LogP contribution is -2.34. The van der Waals surface area contributed by atoms with E-state index in [0.29, 0.717) is 11.9 Å². The number of hydrogen-bond donors (Lipinski definition) is 2. The van der Waals surface area contributed by atoms with Crippen molar-refractivity contribution in [1.29, 1.82) is 5.41 Å². The number of nitrogens with zero attached hydrogens (tertiary/aromatic N) is 1. The van der Waals surface area contributed by atoms with Crippen molar-refractivity contribution in [2.24, 2.45) is 5.73 Å². The van der Waals surface area contributed by atoms with Crippen LogP contribution in [0.5, 0.6) is 0 Å². The minimum atomic E-state index is 0.314. The Morgan fingerprint density at radius 3 is 2.60 bits per heavy atom. The fourth-order valence-electron chi connectivity index (χ4n) is 1.61. The second kappa shape index (κ2) is 9.04. The van der Waals surface area contributed by atoms with Gasteiger partial charge in [0.25, 0.3) is 0 Å². The summed E-state index contributed by atoms with van der Waals surface area (Å²) in [6, 6.07) is 0.692. The van der Waals surface area contributed by atoms with Gasteiger partial charge in [-0.1, -0.05) is 6.92 Å². The molecule has 0 aromatic carbocycles. The van der Waals surface area contributed by atoms with Crippen molar-refractivity contribution < 1.29 is 0 Å². The van der Waals surface area contributed by atoms with Crippen molar-refractivity contribution in [3.8, 4) is 0 Å². The molecule has 0 rings (SSSR count). The third-order valence-corrected chi connectivity index (χ3v) is 3.38. The predicted molar refractivity (Wildman–Crippen MR) is 70.9 cm³/mol. The van der Waals surface area contributed by atoms with Crippen molar-refractivity contribution in [2.75, 3.05) is 25.6 Å². The summed E-state index contributed by atoms with van der Waals surface area (Å²) in [5.41, 5.74) is 5.31. The van der Waals surface area contributed by atoms with E-state index < -0.39 is 0 Å². The highest BCUT2D eigenvalue weighted by Gasteiger charge is 2.10. The maximum absolute atomic E-state index is 7.13. The third-order valence-electron chi connectivity index (χ3n) is 2.66. The summed E-state index contributed by atoms with van der Waals surface area (Å²) < 4.78 is 0. The van der Waals surface area contributed by atoms with Crippen LogP contribution in [0.1, 0.15) is 32.6 Å². The number of rotatable bonds is 9. The van der Waals surface area contributed by atoms with Crippen LogP contribution >= 0.6 is 11.8 Å². The van der Waals surface area contributed by atoms with E-state index in [0.717, 1.165) is 25.8 Å². The molecule has 0 aliphatic heterocycles. The van der Waals surface area contributed by atoms with Gasteiger partial charge < -0.3 is 10.6 Å². The molecular formula is C11H25N3S. The first kappa shape index (κ1) is 14.8. The molecule has 0 radical (unpaired) electrons. The average Bonchev–Trinajstić information content (AvgIpc) is 2.20. The second-order valence-corrected chi connectivity index (χ2v) is 4.89. The van der Waals surface area contributed by atoms with Crippen LogP contribution in [-0.2, 0) is 0 Å². The van der Waals surface area contributed by atoms with Gasteiger partial charge in [0.2, 0.25) is 0 Å². The quantitative estimate of drug-likeness (QED) is 0.363. The second-order valence-electron chi connectivity index (χ2n) is 3.98. The van der Waals surface area contributed by atoms with Gasteiger partial charge in [0, 0.05) is 18.2 Å². The maximum atomic E-state index is 7.13. The lowest BCUT2D eigenvalue weighted by atomic mass is 10.2. The zero-order valence-corrected chi connectivity index (χ0v) is 11.1. The summed E-state index contributed by atoms with van der Waals surface area (Å²) >= 11 is 1.91. The number of nitrogens with one attached hydrogen (secondary N) is 1. The molecular weight excluding hydrogens is 206 g/mol. The molecule has 0 heterocycles. The normalized spacial score (nSPS) is 13.1. The summed E-state index contributed by atoms with van der Waals surface area (Å²) in [7, 11) is 2.19. The van der Waals surface area contributed by atoms with E-state index in [1.165, 1.54) is 12.2 Å². The zero-order valence-electron chi connectivity index (χ0n) is 10.3. The number of thioether (sulfide) groups is 1. The Balaban J connectivity index is 3.61. The summed E-state index contributed by atoms with van der Waals surface area (Å²) in [5, 5.41) is 7.13. The Kier molecular flexibility index (Phi) is 8.91. The van der Waals surface area contributed by atoms with E-state index in [9.17, 15) is 0 Å². The van der Waals surface area contributed by atoms with Crippen LogP contribution in [0, 0.1) is 5.41 Å². The van der Waals surface area contributed by atoms with Gasteiger partial charge in [0.15, 0.2) is 0 Å². The Morgan fingerprint density at radius 1 is 1.47 bits per heavy atom. The van der Waals surface area contributed by atoms with Crippen LogP contribution in [0.25, 0.3) is 0 Å². The maximum Gasteiger partial charge on any atom is 0.0905 e. The highest BCUT2D eigenvalue weighted by molar-refractivity contribution is 7.98. The summed E-state index contributed by atoms with van der Waals surface area (Å²) in [4.78, 5) is 2.43. The molecule has 0 fully saturated rings. The summed E-state index contributed by atoms with van der Waals surface area (Å²) in [5.74, 6) is 1.52. The van der Waals surface area contributed by atoms with Crippen LogP contribution in [0.3, 0.4) is 0 Å². The molecule has 0 aliphatic rings. The lowest BCUT2D eigenvalue weighted by molar-refractivity contribution is 0.251. The van der Waals surface area contributed by atoms with Crippen molar-refractivity contribution >= 4 is 17.6 Å². The molecule has 15 heavy (non-hydrogen) atoms. The molecule has 0 saturated heterocycles. The van der Waals surface area contributed by atoms with Crippen LogP contribution in [-0.4, -0.2) is 42.4 Å². The first-order valence-corrected chi connectivity index (χ1v) is 7.03. The first-order valence-electron chi connectivity index (χ1n) is 5.63. The number of nitrogens with two attached hydrogens (primary N) is 1. The first-order chi connectivity index (χ1) is 7.11. The molecule has 1 unspecified atom stereocenters. The van der Waals surface area contributed by atoms with Gasteiger partial charge >= 0.3 is 0 Å². The van der Waals surface area contributed by atoms with Crippen molar-refractivity contribution in [1.82, 2.24) is 4.90 Å². The van der Waals surface area contributed by atoms with E-state index in [1.54, 1.807) is 0 Å². The van der Waals surface area contributed by atoms with Gasteiger partial charge in [-0.15, -0.1) is 0 Å². The Labute approximate surface area is 98.3 Å². The molecule has 0 aliphatic carbocycles. The van der Waals surface area contributed by atoms with Gasteiger partial charge in [-0.25, -0.2) is 0 Å². The molecule has 3 nitrogen and oxygen atoms in total. The topological polar surface area (TPSA) is 53.1 Å². The van der Waals surface area contributed by atoms with Gasteiger partial charge in [0.05, 0.1) is 5.84 Å². The third kappa shape index (κ3) is 7.68. The van der Waals surface area contributed by atoms with E-state index in [4.69, 9.17) is 11.1 Å². The summed E-state index contributed by atoms with van der Waals surface area (Å²) in [6.07, 6.45) is 6.29. The Bertz CT molecular complexity index is 173. The highest BCUT2D eigenvalue weighted by atomic mass is 32.2. The van der Waals surface area contributed by atoms with Gasteiger partial charge in [-0.3, -0.25) is 5.41 Å². The largest absolute Gasteiger partial charge is 0.388 e. The van der Waals surface area contributed by atoms with Crippen molar-refractivity contribution in [3.63, 3.8) is 0 Å². The molecule has 3 N–H and O–H groups in total. The average molecular weight is 231 g/mol. The number of unbranched alkanes of at least 4 members (excludes halogenated alkanes) is 1. The standard InChI is InChI=1S/C11H25N3S/c1-4-10(9-15-3)14(2)8-6-5-7-11(12)13/h10H,4-9H2,1-3H3,(H3,12,13). The fourth-order valence-corrected chi connectivity index (χ4v) is 2.48. The van der Waals surface area contributed by atoms with E-state index in [-0.39, 0.29) is 0 Å². The van der Waals surface area contributed by atoms with Crippen LogP contribution in [0.15, 0.2) is 0 Å². The van der Waals surface area contributed by atoms with Gasteiger partial charge in [0.1, 0.15) is 0 Å². The molecule has 1 atom stereocenters. The molecule has 0 spiro atoms. The van der Waals surface area contributed by atoms with Gasteiger partial charge in [-0.05, 0) is 39.1 Å². The zero-order chi connectivity index (χ0) is 11.7. The van der Waals surface area contributed by atoms with E-state index >= 15 is 0 Å². The molecule has 0 aromatic heterocycles. The minimum absolute atomic E-state index is 0.314. The monoisotopic (exact) mass is 231 g/mol. The Morgan fingerprint density at radius 2 is 2.13 bits per heavy atom. The molecule has 0 aromatic rings. The van der Waals surface area contributed by atoms with Crippen LogP contribution in [0.4, 0.5) is 0 Å². The number of amidine groups is 1. The predicted octanol–water partition coefficient (Wildman–Crippen LogP) is 2.17. The Hall–Kier alpha value is -0.220. The summed E-state index contributed by atoms with van der Waals surface area (Å²) in [6.45, 7) is 3.36. The lowest BCUT2D eigenvalue weighted by Gasteiger charge is -2.26. The molecule has 90 valence electrons. The molecule has 0 saturated carbocycles. The fraction of sp³-hybridized carbons (Fsp3) is 0.909. The van der Waals surface area contributed by atoms with Gasteiger partial charge in [-0.2, -0.15) is 11.8 Å². The minimum Gasteiger partial charge on any atom is -0.388 e.